The minimum absolute atomic E-state index is 0.0499. The lowest BCUT2D eigenvalue weighted by atomic mass is 9.91. The number of thiophene rings is 1. The van der Waals surface area contributed by atoms with Gasteiger partial charge in [0.25, 0.3) is 5.91 Å². The number of rotatable bonds is 2. The maximum Gasteiger partial charge on any atom is 0.265 e. The highest BCUT2D eigenvalue weighted by Crippen LogP contribution is 2.39. The fraction of sp³-hybridized carbons (Fsp3) is 0.263. The molecule has 0 atom stereocenters. The van der Waals surface area contributed by atoms with E-state index in [0.717, 1.165) is 34.8 Å². The number of hydrogen-bond acceptors (Lipinski definition) is 3. The van der Waals surface area contributed by atoms with Crippen LogP contribution in [-0.2, 0) is 19.9 Å². The van der Waals surface area contributed by atoms with E-state index in [1.54, 1.807) is 16.0 Å². The van der Waals surface area contributed by atoms with Gasteiger partial charge in [0.05, 0.1) is 22.0 Å². The lowest BCUT2D eigenvalue weighted by molar-refractivity contribution is 0.103. The van der Waals surface area contributed by atoms with Gasteiger partial charge in [-0.15, -0.1) is 11.3 Å². The summed E-state index contributed by atoms with van der Waals surface area (Å²) in [5.41, 5.74) is 6.55. The molecule has 2 aromatic heterocycles. The summed E-state index contributed by atoms with van der Waals surface area (Å²) in [5.74, 6) is -0.0499. The first kappa shape index (κ1) is 15.1. The molecule has 122 valence electrons. The Labute approximate surface area is 145 Å². The highest BCUT2D eigenvalue weighted by molar-refractivity contribution is 7.17. The van der Waals surface area contributed by atoms with E-state index < -0.39 is 0 Å². The van der Waals surface area contributed by atoms with Gasteiger partial charge in [-0.3, -0.25) is 9.48 Å². The largest absolute Gasteiger partial charge is 0.318 e. The molecule has 24 heavy (non-hydrogen) atoms. The van der Waals surface area contributed by atoms with Gasteiger partial charge in [0.15, 0.2) is 0 Å². The molecule has 1 aromatic carbocycles. The Morgan fingerprint density at radius 3 is 2.71 bits per heavy atom. The Morgan fingerprint density at radius 1 is 1.21 bits per heavy atom. The molecule has 5 heteroatoms. The van der Waals surface area contributed by atoms with Crippen molar-refractivity contribution in [3.8, 4) is 10.4 Å². The van der Waals surface area contributed by atoms with E-state index in [4.69, 9.17) is 0 Å². The molecule has 0 unspecified atom stereocenters. The summed E-state index contributed by atoms with van der Waals surface area (Å²) in [5, 5.41) is 7.39. The topological polar surface area (TPSA) is 46.9 Å². The number of fused-ring (bicyclic) bond motifs is 3. The number of aromatic nitrogens is 2. The van der Waals surface area contributed by atoms with Crippen LogP contribution < -0.4 is 5.32 Å². The Hall–Kier alpha value is -2.40. The predicted molar refractivity (Wildman–Crippen MR) is 97.8 cm³/mol. The SMILES string of the molecule is Cc1nn(C)c(C)c1NC(=O)c1cc2c(s1)-c1ccccc1CC2. The van der Waals surface area contributed by atoms with E-state index >= 15 is 0 Å². The van der Waals surface area contributed by atoms with Crippen LogP contribution in [0.3, 0.4) is 0 Å². The second-order valence-corrected chi connectivity index (χ2v) is 7.30. The molecule has 0 saturated carbocycles. The average Bonchev–Trinajstić information content (AvgIpc) is 3.12. The number of benzene rings is 1. The molecule has 1 N–H and O–H groups in total. The van der Waals surface area contributed by atoms with Crippen molar-refractivity contribution in [1.82, 2.24) is 9.78 Å². The van der Waals surface area contributed by atoms with Crippen molar-refractivity contribution >= 4 is 22.9 Å². The zero-order chi connectivity index (χ0) is 16.8. The highest BCUT2D eigenvalue weighted by atomic mass is 32.1. The first-order valence-corrected chi connectivity index (χ1v) is 8.89. The summed E-state index contributed by atoms with van der Waals surface area (Å²) < 4.78 is 1.79. The van der Waals surface area contributed by atoms with Gasteiger partial charge in [-0.1, -0.05) is 24.3 Å². The zero-order valence-corrected chi connectivity index (χ0v) is 14.8. The number of nitrogens with one attached hydrogen (secondary N) is 1. The number of anilines is 1. The Morgan fingerprint density at radius 2 is 1.96 bits per heavy atom. The van der Waals surface area contributed by atoms with Crippen molar-refractivity contribution in [3.05, 3.63) is 57.7 Å². The summed E-state index contributed by atoms with van der Waals surface area (Å²) in [6.45, 7) is 3.88. The molecule has 4 nitrogen and oxygen atoms in total. The fourth-order valence-corrected chi connectivity index (χ4v) is 4.48. The maximum absolute atomic E-state index is 12.7. The van der Waals surface area contributed by atoms with Crippen LogP contribution >= 0.6 is 11.3 Å². The third-order valence-electron chi connectivity index (χ3n) is 4.71. The summed E-state index contributed by atoms with van der Waals surface area (Å²) in [7, 11) is 1.89. The molecule has 4 rings (SSSR count). The summed E-state index contributed by atoms with van der Waals surface area (Å²) in [6, 6.07) is 10.5. The van der Waals surface area contributed by atoms with Crippen molar-refractivity contribution in [2.45, 2.75) is 26.7 Å². The second-order valence-electron chi connectivity index (χ2n) is 6.25. The van der Waals surface area contributed by atoms with E-state index in [0.29, 0.717) is 0 Å². The minimum atomic E-state index is -0.0499. The van der Waals surface area contributed by atoms with Gasteiger partial charge in [-0.05, 0) is 49.4 Å². The van der Waals surface area contributed by atoms with Gasteiger partial charge in [0, 0.05) is 11.9 Å². The quantitative estimate of drug-likeness (QED) is 0.765. The molecular weight excluding hydrogens is 318 g/mol. The number of carbonyl (C=O) groups excluding carboxylic acids is 1. The van der Waals surface area contributed by atoms with Crippen LogP contribution in [-0.4, -0.2) is 15.7 Å². The predicted octanol–water partition coefficient (Wildman–Crippen LogP) is 4.12. The zero-order valence-electron chi connectivity index (χ0n) is 14.0. The van der Waals surface area contributed by atoms with Crippen LogP contribution in [0.1, 0.15) is 32.2 Å². The second kappa shape index (κ2) is 5.60. The summed E-state index contributed by atoms with van der Waals surface area (Å²) in [4.78, 5) is 14.7. The van der Waals surface area contributed by atoms with Gasteiger partial charge in [0.1, 0.15) is 0 Å². The number of aryl methyl sites for hydroxylation is 4. The van der Waals surface area contributed by atoms with Crippen molar-refractivity contribution in [2.75, 3.05) is 5.32 Å². The smallest absolute Gasteiger partial charge is 0.265 e. The first-order valence-electron chi connectivity index (χ1n) is 8.07. The van der Waals surface area contributed by atoms with Gasteiger partial charge in [0.2, 0.25) is 0 Å². The van der Waals surface area contributed by atoms with Crippen molar-refractivity contribution in [3.63, 3.8) is 0 Å². The molecule has 1 aliphatic carbocycles. The fourth-order valence-electron chi connectivity index (χ4n) is 3.31. The number of nitrogens with zero attached hydrogens (tertiary/aromatic N) is 2. The summed E-state index contributed by atoms with van der Waals surface area (Å²) in [6.07, 6.45) is 2.04. The van der Waals surface area contributed by atoms with E-state index in [1.807, 2.05) is 27.0 Å². The van der Waals surface area contributed by atoms with E-state index in [1.165, 1.54) is 21.6 Å². The number of carbonyl (C=O) groups is 1. The third kappa shape index (κ3) is 2.36. The van der Waals surface area contributed by atoms with Crippen LogP contribution in [0.4, 0.5) is 5.69 Å². The third-order valence-corrected chi connectivity index (χ3v) is 5.92. The van der Waals surface area contributed by atoms with Crippen LogP contribution in [0.2, 0.25) is 0 Å². The van der Waals surface area contributed by atoms with E-state index in [2.05, 4.69) is 34.7 Å². The summed E-state index contributed by atoms with van der Waals surface area (Å²) >= 11 is 1.58. The number of amides is 1. The van der Waals surface area contributed by atoms with Gasteiger partial charge >= 0.3 is 0 Å². The molecule has 1 aliphatic rings. The van der Waals surface area contributed by atoms with Crippen LogP contribution in [0.25, 0.3) is 10.4 Å². The van der Waals surface area contributed by atoms with Crippen LogP contribution in [0.5, 0.6) is 0 Å². The molecule has 0 bridgehead atoms. The van der Waals surface area contributed by atoms with E-state index in [9.17, 15) is 4.79 Å². The van der Waals surface area contributed by atoms with Gasteiger partial charge in [-0.25, -0.2) is 0 Å². The standard InChI is InChI=1S/C19H19N3OS/c1-11-17(12(2)22(3)21-11)20-19(23)16-10-14-9-8-13-6-4-5-7-15(13)18(14)24-16/h4-7,10H,8-9H2,1-3H3,(H,20,23). The molecule has 3 aromatic rings. The number of hydrogen-bond donors (Lipinski definition) is 1. The maximum atomic E-state index is 12.7. The molecule has 0 spiro atoms. The van der Waals surface area contributed by atoms with Crippen LogP contribution in [0.15, 0.2) is 30.3 Å². The van der Waals surface area contributed by atoms with Crippen LogP contribution in [0, 0.1) is 13.8 Å². The molecule has 0 aliphatic heterocycles. The van der Waals surface area contributed by atoms with E-state index in [-0.39, 0.29) is 5.91 Å². The lowest BCUT2D eigenvalue weighted by Crippen LogP contribution is -2.11. The Balaban J connectivity index is 1.67. The van der Waals surface area contributed by atoms with Crippen molar-refractivity contribution in [1.29, 1.82) is 0 Å². The Bertz CT molecular complexity index is 952. The molecule has 2 heterocycles. The first-order chi connectivity index (χ1) is 11.5. The minimum Gasteiger partial charge on any atom is -0.318 e. The highest BCUT2D eigenvalue weighted by Gasteiger charge is 2.22. The Kier molecular flexibility index (Phi) is 3.53. The normalized spacial score (nSPS) is 12.6. The van der Waals surface area contributed by atoms with Crippen molar-refractivity contribution in [2.24, 2.45) is 7.05 Å². The van der Waals surface area contributed by atoms with Gasteiger partial charge in [-0.2, -0.15) is 5.10 Å². The lowest BCUT2D eigenvalue weighted by Gasteiger charge is -2.15. The monoisotopic (exact) mass is 337 g/mol. The molecule has 1 amide bonds. The molecule has 0 radical (unpaired) electrons. The van der Waals surface area contributed by atoms with Crippen molar-refractivity contribution < 1.29 is 4.79 Å². The van der Waals surface area contributed by atoms with Gasteiger partial charge < -0.3 is 5.32 Å². The molecule has 0 saturated heterocycles. The molecule has 0 fully saturated rings. The average molecular weight is 337 g/mol. The molecular formula is C19H19N3OS.